The van der Waals surface area contributed by atoms with Gasteiger partial charge in [-0.3, -0.25) is 4.98 Å². The number of rotatable bonds is 1. The van der Waals surface area contributed by atoms with Crippen LogP contribution in [-0.4, -0.2) is 16.4 Å². The number of oxime groups is 1. The van der Waals surface area contributed by atoms with Gasteiger partial charge in [0.1, 0.15) is 0 Å². The molecule has 0 saturated heterocycles. The molecule has 0 aliphatic heterocycles. The van der Waals surface area contributed by atoms with E-state index < -0.39 is 0 Å². The highest BCUT2D eigenvalue weighted by Gasteiger charge is 1.91. The average molecular weight is 147 g/mol. The zero-order chi connectivity index (χ0) is 8.10. The van der Waals surface area contributed by atoms with Gasteiger partial charge in [-0.2, -0.15) is 5.26 Å². The lowest BCUT2D eigenvalue weighted by atomic mass is 10.2. The number of aromatic nitrogens is 1. The SMILES string of the molecule is N#Cc1ccnc(/C=N/O)c1. The van der Waals surface area contributed by atoms with Crippen molar-refractivity contribution in [2.45, 2.75) is 0 Å². The van der Waals surface area contributed by atoms with E-state index in [0.717, 1.165) is 0 Å². The molecule has 0 fully saturated rings. The molecule has 11 heavy (non-hydrogen) atoms. The molecule has 4 nitrogen and oxygen atoms in total. The Hall–Kier alpha value is -1.89. The first-order valence-electron chi connectivity index (χ1n) is 2.90. The van der Waals surface area contributed by atoms with E-state index >= 15 is 0 Å². The smallest absolute Gasteiger partial charge is 0.0992 e. The van der Waals surface area contributed by atoms with Gasteiger partial charge in [0.25, 0.3) is 0 Å². The number of nitriles is 1. The van der Waals surface area contributed by atoms with Crippen LogP contribution < -0.4 is 0 Å². The molecule has 0 radical (unpaired) electrons. The van der Waals surface area contributed by atoms with Gasteiger partial charge in [-0.05, 0) is 12.1 Å². The summed E-state index contributed by atoms with van der Waals surface area (Å²) in [7, 11) is 0. The maximum atomic E-state index is 8.45. The summed E-state index contributed by atoms with van der Waals surface area (Å²) in [5.41, 5.74) is 0.960. The van der Waals surface area contributed by atoms with E-state index in [9.17, 15) is 0 Å². The van der Waals surface area contributed by atoms with Crippen molar-refractivity contribution in [1.29, 1.82) is 5.26 Å². The van der Waals surface area contributed by atoms with Gasteiger partial charge in [-0.25, -0.2) is 0 Å². The van der Waals surface area contributed by atoms with Crippen LogP contribution in [0.1, 0.15) is 11.3 Å². The second-order valence-electron chi connectivity index (χ2n) is 1.83. The summed E-state index contributed by atoms with van der Waals surface area (Å²) in [5, 5.41) is 19.4. The molecule has 1 rings (SSSR count). The molecule has 0 aromatic carbocycles. The standard InChI is InChI=1S/C7H5N3O/c8-4-6-1-2-9-7(3-6)5-10-11/h1-3,5,11H/b10-5+. The van der Waals surface area contributed by atoms with Crippen LogP contribution in [0.5, 0.6) is 0 Å². The fraction of sp³-hybridized carbons (Fsp3) is 0. The zero-order valence-corrected chi connectivity index (χ0v) is 5.60. The molecule has 1 N–H and O–H groups in total. The molecule has 0 amide bonds. The summed E-state index contributed by atoms with van der Waals surface area (Å²) < 4.78 is 0. The number of hydrogen-bond acceptors (Lipinski definition) is 4. The van der Waals surface area contributed by atoms with E-state index in [1.54, 1.807) is 6.07 Å². The lowest BCUT2D eigenvalue weighted by Crippen LogP contribution is -1.87. The van der Waals surface area contributed by atoms with Gasteiger partial charge in [-0.15, -0.1) is 0 Å². The Kier molecular flexibility index (Phi) is 2.18. The van der Waals surface area contributed by atoms with Gasteiger partial charge >= 0.3 is 0 Å². The van der Waals surface area contributed by atoms with Crippen molar-refractivity contribution < 1.29 is 5.21 Å². The molecule has 0 aliphatic carbocycles. The van der Waals surface area contributed by atoms with Crippen molar-refractivity contribution in [3.8, 4) is 6.07 Å². The molecule has 4 heteroatoms. The molecule has 0 aliphatic rings. The normalized spacial score (nSPS) is 9.73. The molecule has 0 atom stereocenters. The van der Waals surface area contributed by atoms with Crippen molar-refractivity contribution in [1.82, 2.24) is 4.98 Å². The minimum absolute atomic E-state index is 0.464. The minimum atomic E-state index is 0.464. The molecular weight excluding hydrogens is 142 g/mol. The van der Waals surface area contributed by atoms with Crippen molar-refractivity contribution in [2.75, 3.05) is 0 Å². The summed E-state index contributed by atoms with van der Waals surface area (Å²) in [6.45, 7) is 0. The summed E-state index contributed by atoms with van der Waals surface area (Å²) in [6, 6.07) is 5.05. The Morgan fingerprint density at radius 3 is 3.18 bits per heavy atom. The van der Waals surface area contributed by atoms with E-state index in [2.05, 4.69) is 10.1 Å². The predicted molar refractivity (Wildman–Crippen MR) is 38.3 cm³/mol. The first kappa shape index (κ1) is 7.22. The lowest BCUT2D eigenvalue weighted by molar-refractivity contribution is 0.321. The Bertz CT molecular complexity index is 314. The molecule has 54 valence electrons. The fourth-order valence-electron chi connectivity index (χ4n) is 0.648. The quantitative estimate of drug-likeness (QED) is 0.362. The minimum Gasteiger partial charge on any atom is -0.411 e. The highest BCUT2D eigenvalue weighted by Crippen LogP contribution is 1.96. The predicted octanol–water partition coefficient (Wildman–Crippen LogP) is 0.761. The third-order valence-corrected chi connectivity index (χ3v) is 1.10. The van der Waals surface area contributed by atoms with E-state index in [4.69, 9.17) is 10.5 Å². The van der Waals surface area contributed by atoms with Gasteiger partial charge in [-0.1, -0.05) is 5.16 Å². The van der Waals surface area contributed by atoms with Crippen LogP contribution >= 0.6 is 0 Å². The van der Waals surface area contributed by atoms with Gasteiger partial charge < -0.3 is 5.21 Å². The highest BCUT2D eigenvalue weighted by molar-refractivity contribution is 5.76. The highest BCUT2D eigenvalue weighted by atomic mass is 16.4. The molecule has 0 unspecified atom stereocenters. The monoisotopic (exact) mass is 147 g/mol. The summed E-state index contributed by atoms with van der Waals surface area (Å²) in [5.74, 6) is 0. The van der Waals surface area contributed by atoms with Crippen molar-refractivity contribution >= 4 is 6.21 Å². The summed E-state index contributed by atoms with van der Waals surface area (Å²) in [4.78, 5) is 3.82. The molecule has 0 spiro atoms. The molecule has 1 aromatic heterocycles. The molecule has 0 saturated carbocycles. The van der Waals surface area contributed by atoms with E-state index in [1.165, 1.54) is 18.5 Å². The maximum Gasteiger partial charge on any atom is 0.0992 e. The second-order valence-corrected chi connectivity index (χ2v) is 1.83. The number of pyridine rings is 1. The van der Waals surface area contributed by atoms with Crippen LogP contribution in [0.25, 0.3) is 0 Å². The maximum absolute atomic E-state index is 8.45. The third kappa shape index (κ3) is 1.76. The largest absolute Gasteiger partial charge is 0.411 e. The van der Waals surface area contributed by atoms with Gasteiger partial charge in [0.2, 0.25) is 0 Å². The molecule has 1 heterocycles. The van der Waals surface area contributed by atoms with Crippen LogP contribution in [0, 0.1) is 11.3 Å². The molecular formula is C7H5N3O. The Balaban J connectivity index is 3.03. The van der Waals surface area contributed by atoms with Crippen LogP contribution in [0.4, 0.5) is 0 Å². The van der Waals surface area contributed by atoms with Crippen LogP contribution in [0.15, 0.2) is 23.5 Å². The third-order valence-electron chi connectivity index (χ3n) is 1.10. The first-order valence-corrected chi connectivity index (χ1v) is 2.90. The van der Waals surface area contributed by atoms with Crippen LogP contribution in [0.3, 0.4) is 0 Å². The van der Waals surface area contributed by atoms with E-state index in [1.807, 2.05) is 6.07 Å². The molecule has 0 bridgehead atoms. The van der Waals surface area contributed by atoms with Gasteiger partial charge in [0, 0.05) is 6.20 Å². The summed E-state index contributed by atoms with van der Waals surface area (Å²) >= 11 is 0. The van der Waals surface area contributed by atoms with E-state index in [0.29, 0.717) is 11.3 Å². The van der Waals surface area contributed by atoms with Crippen LogP contribution in [0.2, 0.25) is 0 Å². The van der Waals surface area contributed by atoms with Crippen molar-refractivity contribution in [3.05, 3.63) is 29.6 Å². The second kappa shape index (κ2) is 3.32. The number of nitrogens with zero attached hydrogens (tertiary/aromatic N) is 3. The first-order chi connectivity index (χ1) is 5.36. The van der Waals surface area contributed by atoms with Crippen LogP contribution in [-0.2, 0) is 0 Å². The summed E-state index contributed by atoms with van der Waals surface area (Å²) in [6.07, 6.45) is 2.65. The Morgan fingerprint density at radius 1 is 1.73 bits per heavy atom. The average Bonchev–Trinajstić information content (AvgIpc) is 2.06. The fourth-order valence-corrected chi connectivity index (χ4v) is 0.648. The van der Waals surface area contributed by atoms with Gasteiger partial charge in [0.05, 0.1) is 23.5 Å². The Morgan fingerprint density at radius 2 is 2.55 bits per heavy atom. The van der Waals surface area contributed by atoms with E-state index in [-0.39, 0.29) is 0 Å². The van der Waals surface area contributed by atoms with Crippen molar-refractivity contribution in [2.24, 2.45) is 5.16 Å². The van der Waals surface area contributed by atoms with Crippen molar-refractivity contribution in [3.63, 3.8) is 0 Å². The van der Waals surface area contributed by atoms with Gasteiger partial charge in [0.15, 0.2) is 0 Å². The zero-order valence-electron chi connectivity index (χ0n) is 5.60. The lowest BCUT2D eigenvalue weighted by Gasteiger charge is -1.89. The molecule has 1 aromatic rings. The topological polar surface area (TPSA) is 69.3 Å². The Labute approximate surface area is 63.4 Å². The number of hydrogen-bond donors (Lipinski definition) is 1.